The predicted molar refractivity (Wildman–Crippen MR) is 103 cm³/mol. The molecule has 7 heteroatoms. The van der Waals surface area contributed by atoms with E-state index in [4.69, 9.17) is 10.5 Å². The van der Waals surface area contributed by atoms with Crippen LogP contribution in [-0.2, 0) is 14.3 Å². The Morgan fingerprint density at radius 2 is 1.58 bits per heavy atom. The van der Waals surface area contributed by atoms with Crippen molar-refractivity contribution in [2.75, 3.05) is 26.3 Å². The third-order valence-corrected chi connectivity index (χ3v) is 6.19. The summed E-state index contributed by atoms with van der Waals surface area (Å²) in [7, 11) is 0. The van der Waals surface area contributed by atoms with Gasteiger partial charge in [0.2, 0.25) is 11.8 Å². The van der Waals surface area contributed by atoms with E-state index in [0.29, 0.717) is 26.3 Å². The van der Waals surface area contributed by atoms with Crippen molar-refractivity contribution >= 4 is 24.2 Å². The van der Waals surface area contributed by atoms with E-state index >= 15 is 0 Å². The highest BCUT2D eigenvalue weighted by atomic mass is 35.5. The van der Waals surface area contributed by atoms with Crippen molar-refractivity contribution in [3.63, 3.8) is 0 Å². The minimum Gasteiger partial charge on any atom is -0.381 e. The van der Waals surface area contributed by atoms with E-state index in [1.165, 1.54) is 19.3 Å². The van der Waals surface area contributed by atoms with E-state index in [1.807, 2.05) is 4.90 Å². The Bertz CT molecular complexity index is 457. The number of hydrogen-bond acceptors (Lipinski definition) is 4. The standard InChI is InChI=1S/C19H33N3O3.ClH/c20-17(14-8-12-25-13-9-14)19(24)22-10-6-16(7-11-22)21-18(23)15-4-2-1-3-5-15;/h14-17H,1-13,20H2,(H,21,23);1H. The van der Waals surface area contributed by atoms with Gasteiger partial charge in [-0.25, -0.2) is 0 Å². The Hall–Kier alpha value is -0.850. The molecule has 0 aromatic carbocycles. The maximum Gasteiger partial charge on any atom is 0.239 e. The number of nitrogens with two attached hydrogens (primary N) is 1. The fourth-order valence-corrected chi connectivity index (χ4v) is 4.42. The molecule has 3 fully saturated rings. The molecule has 2 heterocycles. The molecule has 0 spiro atoms. The quantitative estimate of drug-likeness (QED) is 0.770. The molecule has 3 aliphatic rings. The highest BCUT2D eigenvalue weighted by Crippen LogP contribution is 2.25. The third-order valence-electron chi connectivity index (χ3n) is 6.19. The summed E-state index contributed by atoms with van der Waals surface area (Å²) in [6, 6.07) is -0.199. The Kier molecular flexibility index (Phi) is 8.64. The lowest BCUT2D eigenvalue weighted by molar-refractivity contribution is -0.136. The number of nitrogens with one attached hydrogen (secondary N) is 1. The summed E-state index contributed by atoms with van der Waals surface area (Å²) in [6.45, 7) is 2.82. The fraction of sp³-hybridized carbons (Fsp3) is 0.895. The van der Waals surface area contributed by atoms with Gasteiger partial charge < -0.3 is 20.7 Å². The largest absolute Gasteiger partial charge is 0.381 e. The Morgan fingerprint density at radius 3 is 2.19 bits per heavy atom. The molecule has 1 aliphatic carbocycles. The van der Waals surface area contributed by atoms with Gasteiger partial charge in [-0.15, -0.1) is 12.4 Å². The van der Waals surface area contributed by atoms with Crippen LogP contribution in [0.2, 0.25) is 0 Å². The number of amides is 2. The van der Waals surface area contributed by atoms with Crippen molar-refractivity contribution in [2.45, 2.75) is 69.9 Å². The van der Waals surface area contributed by atoms with Crippen LogP contribution in [0.5, 0.6) is 0 Å². The van der Waals surface area contributed by atoms with Gasteiger partial charge in [-0.05, 0) is 44.4 Å². The fourth-order valence-electron chi connectivity index (χ4n) is 4.42. The third kappa shape index (κ3) is 5.57. The number of halogens is 1. The molecule has 0 bridgehead atoms. The van der Waals surface area contributed by atoms with Crippen LogP contribution >= 0.6 is 12.4 Å². The number of carbonyl (C=O) groups excluding carboxylic acids is 2. The predicted octanol–water partition coefficient (Wildman–Crippen LogP) is 1.85. The van der Waals surface area contributed by atoms with Crippen LogP contribution in [0.15, 0.2) is 0 Å². The molecule has 150 valence electrons. The van der Waals surface area contributed by atoms with Gasteiger partial charge in [0.25, 0.3) is 0 Å². The Morgan fingerprint density at radius 1 is 0.962 bits per heavy atom. The van der Waals surface area contributed by atoms with Crippen molar-refractivity contribution in [3.8, 4) is 0 Å². The van der Waals surface area contributed by atoms with Gasteiger partial charge in [-0.3, -0.25) is 9.59 Å². The monoisotopic (exact) mass is 387 g/mol. The molecule has 1 saturated carbocycles. The normalized spacial score (nSPS) is 24.6. The number of piperidine rings is 1. The average molecular weight is 388 g/mol. The van der Waals surface area contributed by atoms with Crippen LogP contribution in [0.3, 0.4) is 0 Å². The smallest absolute Gasteiger partial charge is 0.239 e. The zero-order valence-electron chi connectivity index (χ0n) is 15.7. The van der Waals surface area contributed by atoms with Crippen molar-refractivity contribution < 1.29 is 14.3 Å². The first-order valence-electron chi connectivity index (χ1n) is 10.1. The zero-order valence-corrected chi connectivity index (χ0v) is 16.5. The van der Waals surface area contributed by atoms with Crippen LogP contribution in [-0.4, -0.2) is 55.1 Å². The van der Waals surface area contributed by atoms with Gasteiger partial charge >= 0.3 is 0 Å². The highest BCUT2D eigenvalue weighted by molar-refractivity contribution is 5.85. The summed E-state index contributed by atoms with van der Waals surface area (Å²) in [5.41, 5.74) is 6.22. The van der Waals surface area contributed by atoms with Crippen LogP contribution < -0.4 is 11.1 Å². The van der Waals surface area contributed by atoms with Crippen molar-refractivity contribution in [1.82, 2.24) is 10.2 Å². The van der Waals surface area contributed by atoms with Crippen molar-refractivity contribution in [2.24, 2.45) is 17.6 Å². The van der Waals surface area contributed by atoms with Gasteiger partial charge in [0, 0.05) is 38.3 Å². The molecule has 2 saturated heterocycles. The van der Waals surface area contributed by atoms with Gasteiger partial charge in [-0.2, -0.15) is 0 Å². The Balaban J connectivity index is 0.00000243. The van der Waals surface area contributed by atoms with Gasteiger partial charge in [-0.1, -0.05) is 19.3 Å². The minimum absolute atomic E-state index is 0. The number of hydrogen-bond donors (Lipinski definition) is 2. The number of ether oxygens (including phenoxy) is 1. The first-order valence-corrected chi connectivity index (χ1v) is 10.1. The number of nitrogens with zero attached hydrogens (tertiary/aromatic N) is 1. The summed E-state index contributed by atoms with van der Waals surface area (Å²) in [4.78, 5) is 26.9. The van der Waals surface area contributed by atoms with E-state index in [0.717, 1.165) is 38.5 Å². The van der Waals surface area contributed by atoms with Crippen LogP contribution in [0, 0.1) is 11.8 Å². The lowest BCUT2D eigenvalue weighted by atomic mass is 9.88. The second-order valence-electron chi connectivity index (χ2n) is 7.92. The lowest BCUT2D eigenvalue weighted by Crippen LogP contribution is -2.53. The minimum atomic E-state index is -0.405. The summed E-state index contributed by atoms with van der Waals surface area (Å²) < 4.78 is 5.36. The molecule has 3 N–H and O–H groups in total. The maximum atomic E-state index is 12.6. The topological polar surface area (TPSA) is 84.7 Å². The number of carbonyl (C=O) groups is 2. The Labute approximate surface area is 163 Å². The number of rotatable bonds is 4. The van der Waals surface area contributed by atoms with E-state index in [2.05, 4.69) is 5.32 Å². The zero-order chi connectivity index (χ0) is 17.6. The molecule has 6 nitrogen and oxygen atoms in total. The van der Waals surface area contributed by atoms with Crippen molar-refractivity contribution in [1.29, 1.82) is 0 Å². The van der Waals surface area contributed by atoms with Gasteiger partial charge in [0.15, 0.2) is 0 Å². The molecule has 3 rings (SSSR count). The summed E-state index contributed by atoms with van der Waals surface area (Å²) >= 11 is 0. The highest BCUT2D eigenvalue weighted by Gasteiger charge is 2.32. The molecule has 1 unspecified atom stereocenters. The first-order chi connectivity index (χ1) is 12.1. The molecule has 2 amide bonds. The van der Waals surface area contributed by atoms with E-state index in [1.54, 1.807) is 0 Å². The maximum absolute atomic E-state index is 12.6. The van der Waals surface area contributed by atoms with Crippen LogP contribution in [0.1, 0.15) is 57.8 Å². The summed E-state index contributed by atoms with van der Waals surface area (Å²) in [6.07, 6.45) is 9.10. The lowest BCUT2D eigenvalue weighted by Gasteiger charge is -2.36. The molecule has 1 atom stereocenters. The van der Waals surface area contributed by atoms with Crippen LogP contribution in [0.4, 0.5) is 0 Å². The molecular weight excluding hydrogens is 354 g/mol. The molecule has 0 aromatic heterocycles. The molecule has 0 radical (unpaired) electrons. The molecule has 2 aliphatic heterocycles. The summed E-state index contributed by atoms with van der Waals surface area (Å²) in [5, 5.41) is 3.22. The van der Waals surface area contributed by atoms with Crippen LogP contribution in [0.25, 0.3) is 0 Å². The summed E-state index contributed by atoms with van der Waals surface area (Å²) in [5.74, 6) is 0.743. The van der Waals surface area contributed by atoms with Gasteiger partial charge in [0.05, 0.1) is 6.04 Å². The second-order valence-corrected chi connectivity index (χ2v) is 7.92. The van der Waals surface area contributed by atoms with Crippen molar-refractivity contribution in [3.05, 3.63) is 0 Å². The van der Waals surface area contributed by atoms with Gasteiger partial charge in [0.1, 0.15) is 0 Å². The molecular formula is C19H34ClN3O3. The SMILES string of the molecule is Cl.NC(C(=O)N1CCC(NC(=O)C2CCCCC2)CC1)C1CCOCC1. The average Bonchev–Trinajstić information content (AvgIpc) is 2.69. The van der Waals surface area contributed by atoms with E-state index < -0.39 is 6.04 Å². The molecule has 0 aromatic rings. The molecule has 26 heavy (non-hydrogen) atoms. The second kappa shape index (κ2) is 10.5. The first kappa shape index (κ1) is 21.5. The van der Waals surface area contributed by atoms with E-state index in [9.17, 15) is 9.59 Å². The number of likely N-dealkylation sites (tertiary alicyclic amines) is 1. The van der Waals surface area contributed by atoms with E-state index in [-0.39, 0.29) is 42.1 Å².